The van der Waals surface area contributed by atoms with E-state index in [-0.39, 0.29) is 41.5 Å². The van der Waals surface area contributed by atoms with Crippen LogP contribution in [0.15, 0.2) is 84.1 Å². The molecule has 0 fully saturated rings. The van der Waals surface area contributed by atoms with E-state index in [0.717, 1.165) is 0 Å². The van der Waals surface area contributed by atoms with Gasteiger partial charge in [-0.1, -0.05) is 38.1 Å². The van der Waals surface area contributed by atoms with E-state index in [1.807, 2.05) is 44.2 Å². The maximum absolute atomic E-state index is 14.3. The highest BCUT2D eigenvalue weighted by Gasteiger charge is 2.63. The second kappa shape index (κ2) is 7.42. The van der Waals surface area contributed by atoms with Crippen LogP contribution in [0.4, 0.5) is 11.4 Å². The molecule has 1 aromatic heterocycles. The van der Waals surface area contributed by atoms with Crippen molar-refractivity contribution < 1.29 is 9.59 Å². The van der Waals surface area contributed by atoms with Gasteiger partial charge >= 0.3 is 0 Å². The fourth-order valence-electron chi connectivity index (χ4n) is 5.65. The Morgan fingerprint density at radius 1 is 1.21 bits per heavy atom. The summed E-state index contributed by atoms with van der Waals surface area (Å²) in [5.41, 5.74) is 7.75. The van der Waals surface area contributed by atoms with Gasteiger partial charge in [-0.2, -0.15) is 5.26 Å². The number of rotatable bonds is 3. The van der Waals surface area contributed by atoms with Crippen LogP contribution >= 0.6 is 0 Å². The third-order valence-electron chi connectivity index (χ3n) is 6.86. The van der Waals surface area contributed by atoms with E-state index in [1.54, 1.807) is 34.3 Å². The van der Waals surface area contributed by atoms with Crippen molar-refractivity contribution in [1.82, 2.24) is 4.98 Å². The van der Waals surface area contributed by atoms with E-state index < -0.39 is 5.41 Å². The molecule has 0 radical (unpaired) electrons. The Hall–Kier alpha value is -4.18. The van der Waals surface area contributed by atoms with Crippen LogP contribution in [-0.2, 0) is 15.0 Å². The first-order valence-electron chi connectivity index (χ1n) is 11.2. The van der Waals surface area contributed by atoms with Crippen molar-refractivity contribution in [2.24, 2.45) is 11.1 Å². The Morgan fingerprint density at radius 3 is 2.65 bits per heavy atom. The quantitative estimate of drug-likeness (QED) is 0.714. The Labute approximate surface area is 198 Å². The van der Waals surface area contributed by atoms with E-state index >= 15 is 0 Å². The summed E-state index contributed by atoms with van der Waals surface area (Å²) in [5.74, 6) is -0.355. The summed E-state index contributed by atoms with van der Waals surface area (Å²) < 4.78 is 0. The third-order valence-corrected chi connectivity index (χ3v) is 6.86. The van der Waals surface area contributed by atoms with Crippen LogP contribution in [0.5, 0.6) is 0 Å². The fourth-order valence-corrected chi connectivity index (χ4v) is 5.65. The summed E-state index contributed by atoms with van der Waals surface area (Å²) in [5, 5.41) is 10.4. The summed E-state index contributed by atoms with van der Waals surface area (Å²) in [4.78, 5) is 35.7. The van der Waals surface area contributed by atoms with Gasteiger partial charge in [-0.05, 0) is 30.0 Å². The molecule has 7 heteroatoms. The van der Waals surface area contributed by atoms with E-state index in [0.29, 0.717) is 34.6 Å². The standard InChI is InChI=1S/C27H25N5O2/c1-4-12-31-20-10-6-5-9-18(20)27(25(31)34)19(15-28)24(29)32(17-8-7-11-30-16-17)21-13-26(2,3)14-22(33)23(21)27/h4-11,16H,1,12-14,29H2,2-3H3/t27-/m1/s1. The van der Waals surface area contributed by atoms with Gasteiger partial charge < -0.3 is 10.6 Å². The van der Waals surface area contributed by atoms with Gasteiger partial charge in [0.05, 0.1) is 17.5 Å². The first-order valence-corrected chi connectivity index (χ1v) is 11.2. The third kappa shape index (κ3) is 2.72. The molecule has 34 heavy (non-hydrogen) atoms. The van der Waals surface area contributed by atoms with Crippen molar-refractivity contribution in [1.29, 1.82) is 5.26 Å². The van der Waals surface area contributed by atoms with E-state index in [2.05, 4.69) is 17.6 Å². The molecule has 3 aliphatic rings. The topological polar surface area (TPSA) is 103 Å². The van der Waals surface area contributed by atoms with Crippen LogP contribution in [0.2, 0.25) is 0 Å². The Kier molecular flexibility index (Phi) is 4.73. The molecule has 0 saturated heterocycles. The highest BCUT2D eigenvalue weighted by atomic mass is 16.2. The number of aromatic nitrogens is 1. The van der Waals surface area contributed by atoms with Crippen molar-refractivity contribution in [2.45, 2.75) is 32.1 Å². The lowest BCUT2D eigenvalue weighted by Gasteiger charge is -2.46. The molecule has 1 aliphatic carbocycles. The zero-order valence-corrected chi connectivity index (χ0v) is 19.2. The number of pyridine rings is 1. The van der Waals surface area contributed by atoms with Gasteiger partial charge in [0.15, 0.2) is 5.78 Å². The lowest BCUT2D eigenvalue weighted by Crippen LogP contribution is -2.53. The zero-order chi connectivity index (χ0) is 24.3. The van der Waals surface area contributed by atoms with E-state index in [9.17, 15) is 14.9 Å². The number of carbonyl (C=O) groups is 2. The number of hydrogen-bond acceptors (Lipinski definition) is 6. The zero-order valence-electron chi connectivity index (χ0n) is 19.2. The first-order chi connectivity index (χ1) is 16.3. The number of fused-ring (bicyclic) bond motifs is 3. The average molecular weight is 452 g/mol. The maximum atomic E-state index is 14.3. The van der Waals surface area contributed by atoms with E-state index in [4.69, 9.17) is 5.73 Å². The minimum Gasteiger partial charge on any atom is -0.384 e. The second-order valence-corrected chi connectivity index (χ2v) is 9.65. The van der Waals surface area contributed by atoms with Gasteiger partial charge in [0.2, 0.25) is 5.91 Å². The number of anilines is 2. The number of para-hydroxylation sites is 1. The lowest BCUT2D eigenvalue weighted by atomic mass is 9.60. The minimum atomic E-state index is -1.58. The van der Waals surface area contributed by atoms with Crippen molar-refractivity contribution in [3.05, 3.63) is 89.7 Å². The predicted molar refractivity (Wildman–Crippen MR) is 129 cm³/mol. The molecule has 1 amide bonds. The Morgan fingerprint density at radius 2 is 1.97 bits per heavy atom. The van der Waals surface area contributed by atoms with Gasteiger partial charge in [0.25, 0.3) is 0 Å². The van der Waals surface area contributed by atoms with Crippen LogP contribution in [0.3, 0.4) is 0 Å². The highest BCUT2D eigenvalue weighted by molar-refractivity contribution is 6.21. The number of ketones is 1. The van der Waals surface area contributed by atoms with Gasteiger partial charge in [-0.3, -0.25) is 19.5 Å². The summed E-state index contributed by atoms with van der Waals surface area (Å²) in [6, 6.07) is 13.1. The summed E-state index contributed by atoms with van der Waals surface area (Å²) in [7, 11) is 0. The smallest absolute Gasteiger partial charge is 0.248 e. The molecule has 2 N–H and O–H groups in total. The SMILES string of the molecule is C=CCN1C(=O)[C@@]2(C(C#N)=C(N)N(c3cccnc3)C3=C2C(=O)CC(C)(C)C3)c2ccccc21. The minimum absolute atomic E-state index is 0.0622. The van der Waals surface area contributed by atoms with Crippen molar-refractivity contribution in [3.63, 3.8) is 0 Å². The normalized spacial score (nSPS) is 23.2. The van der Waals surface area contributed by atoms with Crippen LogP contribution in [-0.4, -0.2) is 23.2 Å². The predicted octanol–water partition coefficient (Wildman–Crippen LogP) is 3.71. The van der Waals surface area contributed by atoms with Crippen LogP contribution < -0.4 is 15.5 Å². The molecular formula is C27H25N5O2. The number of carbonyl (C=O) groups excluding carboxylic acids is 2. The Balaban J connectivity index is 1.91. The summed E-state index contributed by atoms with van der Waals surface area (Å²) in [6.45, 7) is 8.10. The van der Waals surface area contributed by atoms with Crippen molar-refractivity contribution >= 4 is 23.1 Å². The molecule has 5 rings (SSSR count). The monoisotopic (exact) mass is 451 g/mol. The molecule has 1 atom stereocenters. The first kappa shape index (κ1) is 21.7. The number of benzene rings is 1. The maximum Gasteiger partial charge on any atom is 0.248 e. The number of nitrogens with zero attached hydrogens (tertiary/aromatic N) is 4. The molecule has 0 saturated carbocycles. The molecule has 0 unspecified atom stereocenters. The number of hydrogen-bond donors (Lipinski definition) is 1. The molecule has 1 spiro atoms. The molecule has 3 heterocycles. The van der Waals surface area contributed by atoms with Gasteiger partial charge in [0, 0.05) is 41.7 Å². The molecule has 2 aromatic rings. The number of nitriles is 1. The van der Waals surface area contributed by atoms with Crippen LogP contribution in [0, 0.1) is 16.7 Å². The molecule has 1 aromatic carbocycles. The number of nitrogens with two attached hydrogens (primary N) is 1. The van der Waals surface area contributed by atoms with Gasteiger partial charge in [-0.25, -0.2) is 0 Å². The molecule has 0 bridgehead atoms. The number of Topliss-reactive ketones (excluding diaryl/α,β-unsaturated/α-hetero) is 1. The average Bonchev–Trinajstić information content (AvgIpc) is 3.03. The Bertz CT molecular complexity index is 1350. The van der Waals surface area contributed by atoms with E-state index in [1.165, 1.54) is 0 Å². The van der Waals surface area contributed by atoms with Crippen LogP contribution in [0.1, 0.15) is 32.3 Å². The number of amides is 1. The second-order valence-electron chi connectivity index (χ2n) is 9.65. The van der Waals surface area contributed by atoms with Gasteiger partial charge in [0.1, 0.15) is 17.3 Å². The molecule has 2 aliphatic heterocycles. The fraction of sp³-hybridized carbons (Fsp3) is 0.259. The lowest BCUT2D eigenvalue weighted by molar-refractivity contribution is -0.125. The van der Waals surface area contributed by atoms with Gasteiger partial charge in [-0.15, -0.1) is 6.58 Å². The van der Waals surface area contributed by atoms with Crippen LogP contribution in [0.25, 0.3) is 0 Å². The molecule has 7 nitrogen and oxygen atoms in total. The molecular weight excluding hydrogens is 426 g/mol. The molecule has 170 valence electrons. The largest absolute Gasteiger partial charge is 0.384 e. The number of allylic oxidation sites excluding steroid dienone is 1. The van der Waals surface area contributed by atoms with Crippen molar-refractivity contribution in [3.8, 4) is 6.07 Å². The summed E-state index contributed by atoms with van der Waals surface area (Å²) in [6.07, 6.45) is 5.71. The highest BCUT2D eigenvalue weighted by Crippen LogP contribution is 2.58. The van der Waals surface area contributed by atoms with Crippen molar-refractivity contribution in [2.75, 3.05) is 16.3 Å². The summed E-state index contributed by atoms with van der Waals surface area (Å²) >= 11 is 0.